The second-order valence-corrected chi connectivity index (χ2v) is 3.65. The first kappa shape index (κ1) is 13.4. The Morgan fingerprint density at radius 2 is 1.94 bits per heavy atom. The van der Waals surface area contributed by atoms with Gasteiger partial charge in [-0.05, 0) is 12.1 Å². The zero-order valence-corrected chi connectivity index (χ0v) is 9.13. The van der Waals surface area contributed by atoms with E-state index in [0.29, 0.717) is 0 Å². The highest BCUT2D eigenvalue weighted by atomic mass is 16.3. The molecule has 0 saturated heterocycles. The Morgan fingerprint density at radius 3 is 2.41 bits per heavy atom. The minimum Gasteiger partial charge on any atom is -0.397 e. The molecule has 0 atom stereocenters. The number of nitrogens with two attached hydrogens (primary N) is 1. The van der Waals surface area contributed by atoms with Gasteiger partial charge < -0.3 is 26.4 Å². The lowest BCUT2D eigenvalue weighted by Crippen LogP contribution is -2.57. The van der Waals surface area contributed by atoms with Gasteiger partial charge in [0.1, 0.15) is 5.54 Å². The Morgan fingerprint density at radius 1 is 1.35 bits per heavy atom. The Hall–Kier alpha value is -1.70. The second-order valence-electron chi connectivity index (χ2n) is 3.65. The first-order chi connectivity index (χ1) is 8.08. The van der Waals surface area contributed by atoms with Gasteiger partial charge in [-0.1, -0.05) is 0 Å². The van der Waals surface area contributed by atoms with Gasteiger partial charge in [-0.15, -0.1) is 0 Å². The van der Waals surface area contributed by atoms with Crippen LogP contribution < -0.4 is 11.1 Å². The molecule has 7 nitrogen and oxygen atoms in total. The lowest BCUT2D eigenvalue weighted by Gasteiger charge is -2.28. The van der Waals surface area contributed by atoms with Crippen molar-refractivity contribution >= 4 is 11.6 Å². The number of nitrogens with zero attached hydrogens (tertiary/aromatic N) is 1. The molecule has 94 valence electrons. The van der Waals surface area contributed by atoms with Crippen molar-refractivity contribution in [2.75, 3.05) is 25.6 Å². The minimum atomic E-state index is -1.49. The summed E-state index contributed by atoms with van der Waals surface area (Å²) in [4.78, 5) is 15.6. The molecular formula is C10H15N3O4. The normalized spacial score (nSPS) is 11.2. The first-order valence-corrected chi connectivity index (χ1v) is 4.94. The average Bonchev–Trinajstić information content (AvgIpc) is 2.36. The number of anilines is 1. The van der Waals surface area contributed by atoms with E-state index in [2.05, 4.69) is 10.3 Å². The monoisotopic (exact) mass is 241 g/mol. The molecule has 17 heavy (non-hydrogen) atoms. The summed E-state index contributed by atoms with van der Waals surface area (Å²) in [6, 6.07) is 3.07. The lowest BCUT2D eigenvalue weighted by molar-refractivity contribution is 0.0373. The summed E-state index contributed by atoms with van der Waals surface area (Å²) < 4.78 is 0. The van der Waals surface area contributed by atoms with Crippen LogP contribution in [0.2, 0.25) is 0 Å². The molecule has 0 aromatic carbocycles. The van der Waals surface area contributed by atoms with Crippen molar-refractivity contribution in [1.29, 1.82) is 0 Å². The SMILES string of the molecule is Nc1cccnc1C(=O)NC(CO)(CO)CO. The summed E-state index contributed by atoms with van der Waals surface area (Å²) in [5.74, 6) is -0.666. The van der Waals surface area contributed by atoms with Crippen LogP contribution in [0.15, 0.2) is 18.3 Å². The van der Waals surface area contributed by atoms with Crippen LogP contribution in [0, 0.1) is 0 Å². The van der Waals surface area contributed by atoms with Crippen molar-refractivity contribution in [3.63, 3.8) is 0 Å². The number of aromatic nitrogens is 1. The molecule has 0 spiro atoms. The zero-order chi connectivity index (χ0) is 12.9. The number of nitrogen functional groups attached to an aromatic ring is 1. The van der Waals surface area contributed by atoms with E-state index < -0.39 is 31.3 Å². The number of carbonyl (C=O) groups is 1. The molecule has 0 fully saturated rings. The van der Waals surface area contributed by atoms with Gasteiger partial charge >= 0.3 is 0 Å². The quantitative estimate of drug-likeness (QED) is 0.410. The van der Waals surface area contributed by atoms with Crippen LogP contribution in [0.25, 0.3) is 0 Å². The van der Waals surface area contributed by atoms with Crippen LogP contribution in [0.3, 0.4) is 0 Å². The summed E-state index contributed by atoms with van der Waals surface area (Å²) >= 11 is 0. The maximum Gasteiger partial charge on any atom is 0.272 e. The zero-order valence-electron chi connectivity index (χ0n) is 9.13. The molecular weight excluding hydrogens is 226 g/mol. The fourth-order valence-electron chi connectivity index (χ4n) is 1.18. The van der Waals surface area contributed by atoms with Crippen LogP contribution in [-0.2, 0) is 0 Å². The van der Waals surface area contributed by atoms with E-state index in [1.807, 2.05) is 0 Å². The van der Waals surface area contributed by atoms with Gasteiger partial charge in [-0.3, -0.25) is 4.79 Å². The van der Waals surface area contributed by atoms with Gasteiger partial charge in [-0.25, -0.2) is 4.98 Å². The third-order valence-electron chi connectivity index (χ3n) is 2.34. The number of rotatable bonds is 5. The highest BCUT2D eigenvalue weighted by molar-refractivity contribution is 5.97. The maximum atomic E-state index is 11.8. The molecule has 0 aliphatic rings. The van der Waals surface area contributed by atoms with E-state index >= 15 is 0 Å². The van der Waals surface area contributed by atoms with Gasteiger partial charge in [0.05, 0.1) is 25.5 Å². The lowest BCUT2D eigenvalue weighted by atomic mass is 10.0. The molecule has 0 unspecified atom stereocenters. The fourth-order valence-corrected chi connectivity index (χ4v) is 1.18. The second kappa shape index (κ2) is 5.58. The maximum absolute atomic E-state index is 11.8. The van der Waals surface area contributed by atoms with E-state index in [1.54, 1.807) is 6.07 Å². The van der Waals surface area contributed by atoms with Crippen LogP contribution in [0.1, 0.15) is 10.5 Å². The van der Waals surface area contributed by atoms with E-state index in [9.17, 15) is 4.79 Å². The summed E-state index contributed by atoms with van der Waals surface area (Å²) in [7, 11) is 0. The third-order valence-corrected chi connectivity index (χ3v) is 2.34. The Bertz CT molecular complexity index is 385. The fraction of sp³-hybridized carbons (Fsp3) is 0.400. The summed E-state index contributed by atoms with van der Waals surface area (Å²) in [6.45, 7) is -1.80. The molecule has 1 heterocycles. The molecule has 1 aromatic heterocycles. The highest BCUT2D eigenvalue weighted by Gasteiger charge is 2.31. The van der Waals surface area contributed by atoms with Gasteiger partial charge in [0, 0.05) is 6.20 Å². The average molecular weight is 241 g/mol. The van der Waals surface area contributed by atoms with E-state index in [4.69, 9.17) is 21.1 Å². The molecule has 0 aliphatic heterocycles. The number of amides is 1. The molecule has 0 aliphatic carbocycles. The van der Waals surface area contributed by atoms with E-state index in [0.717, 1.165) is 0 Å². The summed E-state index contributed by atoms with van der Waals surface area (Å²) in [5, 5.41) is 29.5. The van der Waals surface area contributed by atoms with Crippen molar-refractivity contribution in [2.24, 2.45) is 0 Å². The highest BCUT2D eigenvalue weighted by Crippen LogP contribution is 2.09. The molecule has 1 rings (SSSR count). The molecule has 1 amide bonds. The smallest absolute Gasteiger partial charge is 0.272 e. The molecule has 6 N–H and O–H groups in total. The minimum absolute atomic E-state index is 0.0211. The van der Waals surface area contributed by atoms with Crippen molar-refractivity contribution in [2.45, 2.75) is 5.54 Å². The number of hydrogen-bond acceptors (Lipinski definition) is 6. The number of aliphatic hydroxyl groups is 3. The van der Waals surface area contributed by atoms with Crippen molar-refractivity contribution in [1.82, 2.24) is 10.3 Å². The van der Waals surface area contributed by atoms with Crippen LogP contribution in [-0.4, -0.2) is 51.6 Å². The topological polar surface area (TPSA) is 129 Å². The van der Waals surface area contributed by atoms with E-state index in [-0.39, 0.29) is 11.4 Å². The standard InChI is InChI=1S/C10H15N3O4/c11-7-2-1-3-12-8(7)9(17)13-10(4-14,5-15)6-16/h1-3,14-16H,4-6,11H2,(H,13,17). The Labute approximate surface area is 97.9 Å². The van der Waals surface area contributed by atoms with Gasteiger partial charge in [-0.2, -0.15) is 0 Å². The number of hydrogen-bond donors (Lipinski definition) is 5. The Kier molecular flexibility index (Phi) is 4.38. The summed E-state index contributed by atoms with van der Waals surface area (Å²) in [6.07, 6.45) is 1.39. The number of aliphatic hydroxyl groups excluding tert-OH is 3. The molecule has 0 bridgehead atoms. The molecule has 0 radical (unpaired) electrons. The molecule has 1 aromatic rings. The third kappa shape index (κ3) is 2.90. The molecule has 7 heteroatoms. The van der Waals surface area contributed by atoms with E-state index in [1.165, 1.54) is 12.3 Å². The predicted molar refractivity (Wildman–Crippen MR) is 60.1 cm³/mol. The Balaban J connectivity index is 2.89. The van der Waals surface area contributed by atoms with Crippen LogP contribution in [0.4, 0.5) is 5.69 Å². The largest absolute Gasteiger partial charge is 0.397 e. The van der Waals surface area contributed by atoms with Gasteiger partial charge in [0.15, 0.2) is 5.69 Å². The van der Waals surface area contributed by atoms with Crippen molar-refractivity contribution < 1.29 is 20.1 Å². The first-order valence-electron chi connectivity index (χ1n) is 4.94. The van der Waals surface area contributed by atoms with Gasteiger partial charge in [0.2, 0.25) is 0 Å². The van der Waals surface area contributed by atoms with Gasteiger partial charge in [0.25, 0.3) is 5.91 Å². The number of pyridine rings is 1. The molecule has 0 saturated carbocycles. The summed E-state index contributed by atoms with van der Waals surface area (Å²) in [5.41, 5.74) is 4.22. The van der Waals surface area contributed by atoms with Crippen molar-refractivity contribution in [3.8, 4) is 0 Å². The number of carbonyl (C=O) groups excluding carboxylic acids is 1. The number of nitrogens with one attached hydrogen (secondary N) is 1. The predicted octanol–water partition coefficient (Wildman–Crippen LogP) is -1.89. The van der Waals surface area contributed by atoms with Crippen molar-refractivity contribution in [3.05, 3.63) is 24.0 Å². The van der Waals surface area contributed by atoms with Crippen LogP contribution >= 0.6 is 0 Å². The van der Waals surface area contributed by atoms with Crippen LogP contribution in [0.5, 0.6) is 0 Å².